The van der Waals surface area contributed by atoms with Gasteiger partial charge in [-0.2, -0.15) is 0 Å². The van der Waals surface area contributed by atoms with Crippen molar-refractivity contribution in [3.8, 4) is 0 Å². The number of hydrogen-bond acceptors (Lipinski definition) is 3. The first kappa shape index (κ1) is 7.80. The van der Waals surface area contributed by atoms with Gasteiger partial charge < -0.3 is 9.84 Å². The highest BCUT2D eigenvalue weighted by molar-refractivity contribution is 5.76. The molecule has 0 radical (unpaired) electrons. The van der Waals surface area contributed by atoms with Gasteiger partial charge in [0.25, 0.3) is 0 Å². The lowest BCUT2D eigenvalue weighted by molar-refractivity contribution is -0.145. The molecule has 1 heterocycles. The third-order valence-corrected chi connectivity index (χ3v) is 4.22. The van der Waals surface area contributed by atoms with Crippen LogP contribution in [-0.4, -0.2) is 23.3 Å². The molecule has 72 valence electrons. The van der Waals surface area contributed by atoms with Crippen molar-refractivity contribution in [1.29, 1.82) is 0 Å². The Hall–Kier alpha value is -0.570. The zero-order chi connectivity index (χ0) is 9.22. The fraction of sp³-hybridized carbons (Fsp3) is 0.900. The molecule has 2 bridgehead atoms. The predicted molar refractivity (Wildman–Crippen MR) is 44.8 cm³/mol. The van der Waals surface area contributed by atoms with Gasteiger partial charge in [0.05, 0.1) is 18.1 Å². The van der Waals surface area contributed by atoms with Gasteiger partial charge in [-0.1, -0.05) is 0 Å². The van der Waals surface area contributed by atoms with E-state index in [1.165, 1.54) is 0 Å². The van der Waals surface area contributed by atoms with Gasteiger partial charge in [-0.25, -0.2) is 0 Å². The molecule has 5 unspecified atom stereocenters. The lowest BCUT2D eigenvalue weighted by Gasteiger charge is -2.33. The topological polar surface area (TPSA) is 46.5 Å². The van der Waals surface area contributed by atoms with E-state index in [-0.39, 0.29) is 17.8 Å². The lowest BCUT2D eigenvalue weighted by atomic mass is 9.74. The van der Waals surface area contributed by atoms with E-state index in [0.717, 1.165) is 12.8 Å². The molecule has 1 saturated heterocycles. The fourth-order valence-electron chi connectivity index (χ4n) is 3.65. The standard InChI is InChI=1S/C10H14O3/c1-10(12)3-5-2-7(10)8-6(5)4-13-9(8)11/h5-8,12H,2-4H2,1H3. The summed E-state index contributed by atoms with van der Waals surface area (Å²) in [7, 11) is 0. The van der Waals surface area contributed by atoms with Crippen LogP contribution < -0.4 is 0 Å². The zero-order valence-electron chi connectivity index (χ0n) is 7.69. The summed E-state index contributed by atoms with van der Waals surface area (Å²) >= 11 is 0. The molecule has 2 saturated carbocycles. The van der Waals surface area contributed by atoms with Gasteiger partial charge in [-0.15, -0.1) is 0 Å². The van der Waals surface area contributed by atoms with Crippen LogP contribution >= 0.6 is 0 Å². The molecule has 0 aromatic carbocycles. The summed E-state index contributed by atoms with van der Waals surface area (Å²) in [5.74, 6) is 1.04. The monoisotopic (exact) mass is 182 g/mol. The van der Waals surface area contributed by atoms with Crippen molar-refractivity contribution in [3.63, 3.8) is 0 Å². The van der Waals surface area contributed by atoms with Crippen LogP contribution in [0.25, 0.3) is 0 Å². The number of rotatable bonds is 0. The second-order valence-electron chi connectivity index (χ2n) is 4.98. The number of aliphatic hydroxyl groups is 1. The number of hydrogen-bond donors (Lipinski definition) is 1. The molecule has 0 spiro atoms. The van der Waals surface area contributed by atoms with E-state index in [1.54, 1.807) is 0 Å². The second-order valence-corrected chi connectivity index (χ2v) is 4.98. The summed E-state index contributed by atoms with van der Waals surface area (Å²) in [6.07, 6.45) is 1.88. The first-order valence-electron chi connectivity index (χ1n) is 4.98. The molecular formula is C10H14O3. The molecule has 0 aromatic heterocycles. The highest BCUT2D eigenvalue weighted by atomic mass is 16.5. The minimum Gasteiger partial charge on any atom is -0.465 e. The summed E-state index contributed by atoms with van der Waals surface area (Å²) in [5.41, 5.74) is -0.616. The largest absolute Gasteiger partial charge is 0.465 e. The van der Waals surface area contributed by atoms with Crippen LogP contribution in [0, 0.1) is 23.7 Å². The summed E-state index contributed by atoms with van der Waals surface area (Å²) in [6, 6.07) is 0. The molecule has 5 atom stereocenters. The number of ether oxygens (including phenoxy) is 1. The number of carbonyl (C=O) groups excluding carboxylic acids is 1. The SMILES string of the molecule is CC1(O)CC2CC1C1C(=O)OCC21. The molecule has 3 heteroatoms. The Bertz CT molecular complexity index is 271. The molecule has 3 nitrogen and oxygen atoms in total. The van der Waals surface area contributed by atoms with Crippen molar-refractivity contribution >= 4 is 5.97 Å². The van der Waals surface area contributed by atoms with Crippen LogP contribution in [0.1, 0.15) is 19.8 Å². The van der Waals surface area contributed by atoms with E-state index in [0.29, 0.717) is 18.4 Å². The van der Waals surface area contributed by atoms with E-state index < -0.39 is 5.60 Å². The predicted octanol–water partition coefficient (Wildman–Crippen LogP) is 0.566. The Morgan fingerprint density at radius 2 is 2.38 bits per heavy atom. The maximum atomic E-state index is 11.4. The third-order valence-electron chi connectivity index (χ3n) is 4.22. The first-order chi connectivity index (χ1) is 6.09. The van der Waals surface area contributed by atoms with E-state index in [2.05, 4.69) is 0 Å². The molecule has 3 aliphatic rings. The highest BCUT2D eigenvalue weighted by Crippen LogP contribution is 2.59. The first-order valence-corrected chi connectivity index (χ1v) is 4.98. The molecule has 1 aliphatic heterocycles. The Balaban J connectivity index is 1.98. The van der Waals surface area contributed by atoms with E-state index in [9.17, 15) is 9.90 Å². The summed E-state index contributed by atoms with van der Waals surface area (Å²) < 4.78 is 5.04. The molecule has 0 amide bonds. The van der Waals surface area contributed by atoms with Crippen LogP contribution in [0.5, 0.6) is 0 Å². The van der Waals surface area contributed by atoms with Crippen LogP contribution in [0.3, 0.4) is 0 Å². The van der Waals surface area contributed by atoms with Gasteiger partial charge >= 0.3 is 5.97 Å². The second kappa shape index (κ2) is 2.08. The van der Waals surface area contributed by atoms with Crippen LogP contribution in [0.15, 0.2) is 0 Å². The van der Waals surface area contributed by atoms with Crippen molar-refractivity contribution < 1.29 is 14.6 Å². The average Bonchev–Trinajstić information content (AvgIpc) is 2.60. The van der Waals surface area contributed by atoms with Gasteiger partial charge in [0, 0.05) is 11.8 Å². The smallest absolute Gasteiger partial charge is 0.309 e. The minimum absolute atomic E-state index is 0.00810. The number of carbonyl (C=O) groups is 1. The van der Waals surface area contributed by atoms with Crippen molar-refractivity contribution in [2.24, 2.45) is 23.7 Å². The Morgan fingerprint density at radius 1 is 1.62 bits per heavy atom. The minimum atomic E-state index is -0.616. The normalized spacial score (nSPS) is 58.2. The van der Waals surface area contributed by atoms with E-state index >= 15 is 0 Å². The van der Waals surface area contributed by atoms with E-state index in [1.807, 2.05) is 6.92 Å². The van der Waals surface area contributed by atoms with Crippen LogP contribution in [0.4, 0.5) is 0 Å². The van der Waals surface area contributed by atoms with Crippen molar-refractivity contribution in [2.75, 3.05) is 6.61 Å². The van der Waals surface area contributed by atoms with Crippen molar-refractivity contribution in [1.82, 2.24) is 0 Å². The molecule has 3 fully saturated rings. The summed E-state index contributed by atoms with van der Waals surface area (Å²) in [5, 5.41) is 10.0. The Kier molecular flexibility index (Phi) is 1.25. The Morgan fingerprint density at radius 3 is 3.15 bits per heavy atom. The van der Waals surface area contributed by atoms with Crippen LogP contribution in [0.2, 0.25) is 0 Å². The van der Waals surface area contributed by atoms with Gasteiger partial charge in [-0.3, -0.25) is 4.79 Å². The summed E-state index contributed by atoms with van der Waals surface area (Å²) in [6.45, 7) is 2.46. The quantitative estimate of drug-likeness (QED) is 0.557. The third kappa shape index (κ3) is 0.810. The molecule has 2 aliphatic carbocycles. The number of fused-ring (bicyclic) bond motifs is 5. The number of cyclic esters (lactones) is 1. The zero-order valence-corrected chi connectivity index (χ0v) is 7.69. The molecule has 13 heavy (non-hydrogen) atoms. The maximum Gasteiger partial charge on any atom is 0.309 e. The van der Waals surface area contributed by atoms with Crippen molar-refractivity contribution in [2.45, 2.75) is 25.4 Å². The van der Waals surface area contributed by atoms with Gasteiger partial charge in [0.1, 0.15) is 0 Å². The fourth-order valence-corrected chi connectivity index (χ4v) is 3.65. The lowest BCUT2D eigenvalue weighted by Crippen LogP contribution is -2.41. The maximum absolute atomic E-state index is 11.4. The molecule has 0 aromatic rings. The van der Waals surface area contributed by atoms with Gasteiger partial charge in [0.15, 0.2) is 0 Å². The Labute approximate surface area is 77.1 Å². The summed E-state index contributed by atoms with van der Waals surface area (Å²) in [4.78, 5) is 11.4. The molecular weight excluding hydrogens is 168 g/mol. The van der Waals surface area contributed by atoms with E-state index in [4.69, 9.17) is 4.74 Å². The number of esters is 1. The molecule has 3 rings (SSSR count). The molecule has 1 N–H and O–H groups in total. The van der Waals surface area contributed by atoms with Gasteiger partial charge in [-0.05, 0) is 25.7 Å². The van der Waals surface area contributed by atoms with Gasteiger partial charge in [0.2, 0.25) is 0 Å². The van der Waals surface area contributed by atoms with Crippen LogP contribution in [-0.2, 0) is 9.53 Å². The average molecular weight is 182 g/mol. The van der Waals surface area contributed by atoms with Crippen molar-refractivity contribution in [3.05, 3.63) is 0 Å². The highest BCUT2D eigenvalue weighted by Gasteiger charge is 2.62.